The van der Waals surface area contributed by atoms with Crippen LogP contribution < -0.4 is 16.6 Å². The zero-order valence-corrected chi connectivity index (χ0v) is 18.3. The number of aromatic nitrogens is 4. The highest BCUT2D eigenvalue weighted by atomic mass is 32.1. The van der Waals surface area contributed by atoms with E-state index in [2.05, 4.69) is 15.3 Å². The number of H-pyrrole nitrogens is 1. The van der Waals surface area contributed by atoms with Crippen LogP contribution in [-0.2, 0) is 29.2 Å². The molecule has 31 heavy (non-hydrogen) atoms. The Hall–Kier alpha value is -3.21. The molecule has 0 saturated heterocycles. The fourth-order valence-electron chi connectivity index (χ4n) is 3.18. The molecule has 0 bridgehead atoms. The van der Waals surface area contributed by atoms with Gasteiger partial charge in [0.2, 0.25) is 0 Å². The van der Waals surface area contributed by atoms with Gasteiger partial charge in [-0.3, -0.25) is 23.9 Å². The van der Waals surface area contributed by atoms with Crippen molar-refractivity contribution in [2.45, 2.75) is 52.8 Å². The van der Waals surface area contributed by atoms with E-state index in [1.54, 1.807) is 22.1 Å². The number of carbonyl (C=O) groups excluding carboxylic acids is 2. The Labute approximate surface area is 181 Å². The Morgan fingerprint density at radius 2 is 2.06 bits per heavy atom. The average Bonchev–Trinajstić information content (AvgIpc) is 3.40. The lowest BCUT2D eigenvalue weighted by atomic mass is 10.3. The lowest BCUT2D eigenvalue weighted by molar-refractivity contribution is -0.145. The summed E-state index contributed by atoms with van der Waals surface area (Å²) in [4.78, 5) is 55.9. The molecule has 0 atom stereocenters. The van der Waals surface area contributed by atoms with Gasteiger partial charge >= 0.3 is 11.7 Å². The first kappa shape index (κ1) is 22.5. The van der Waals surface area contributed by atoms with Crippen LogP contribution in [0.1, 0.15) is 48.6 Å². The third-order valence-electron chi connectivity index (χ3n) is 4.74. The summed E-state index contributed by atoms with van der Waals surface area (Å²) >= 11 is 1.32. The van der Waals surface area contributed by atoms with Crippen LogP contribution in [0.5, 0.6) is 0 Å². The topological polar surface area (TPSA) is 128 Å². The third-order valence-corrected chi connectivity index (χ3v) is 5.61. The van der Waals surface area contributed by atoms with E-state index < -0.39 is 17.2 Å². The molecule has 0 spiro atoms. The highest BCUT2D eigenvalue weighted by Crippen LogP contribution is 2.13. The number of hydrogen-bond donors (Lipinski definition) is 2. The number of ether oxygens (including phenoxy) is 1. The Balaban J connectivity index is 1.68. The minimum atomic E-state index is -0.518. The maximum absolute atomic E-state index is 12.4. The number of nitrogens with zero attached hydrogens (tertiary/aromatic N) is 3. The summed E-state index contributed by atoms with van der Waals surface area (Å²) in [5.41, 5.74) is -0.446. The van der Waals surface area contributed by atoms with Gasteiger partial charge in [0.1, 0.15) is 12.4 Å². The smallest absolute Gasteiger partial charge is 0.330 e. The fourth-order valence-corrected chi connectivity index (χ4v) is 3.82. The van der Waals surface area contributed by atoms with Crippen molar-refractivity contribution in [3.05, 3.63) is 49.1 Å². The summed E-state index contributed by atoms with van der Waals surface area (Å²) in [6.07, 6.45) is 1.65. The predicted molar refractivity (Wildman–Crippen MR) is 116 cm³/mol. The Kier molecular flexibility index (Phi) is 7.40. The Morgan fingerprint density at radius 1 is 1.26 bits per heavy atom. The molecule has 0 aromatic carbocycles. The lowest BCUT2D eigenvalue weighted by Crippen LogP contribution is -2.31. The Morgan fingerprint density at radius 3 is 2.74 bits per heavy atom. The summed E-state index contributed by atoms with van der Waals surface area (Å²) in [6, 6.07) is 3.48. The highest BCUT2D eigenvalue weighted by Gasteiger charge is 2.18. The second-order valence-corrected chi connectivity index (χ2v) is 7.80. The van der Waals surface area contributed by atoms with Crippen molar-refractivity contribution in [1.82, 2.24) is 24.4 Å². The van der Waals surface area contributed by atoms with E-state index in [0.29, 0.717) is 29.4 Å². The molecule has 0 radical (unpaired) electrons. The van der Waals surface area contributed by atoms with E-state index in [1.165, 1.54) is 15.9 Å². The minimum absolute atomic E-state index is 0.00522. The summed E-state index contributed by atoms with van der Waals surface area (Å²) in [7, 11) is 0. The van der Waals surface area contributed by atoms with Gasteiger partial charge < -0.3 is 14.6 Å². The van der Waals surface area contributed by atoms with Gasteiger partial charge in [0, 0.05) is 19.6 Å². The lowest BCUT2D eigenvalue weighted by Gasteiger charge is -2.07. The summed E-state index contributed by atoms with van der Waals surface area (Å²) in [6.45, 7) is 4.72. The molecular formula is C20H25N5O5S. The largest absolute Gasteiger partial charge is 0.457 e. The van der Waals surface area contributed by atoms with E-state index in [1.807, 2.05) is 13.8 Å². The van der Waals surface area contributed by atoms with Crippen LogP contribution in [0, 0.1) is 0 Å². The van der Waals surface area contributed by atoms with Crippen molar-refractivity contribution in [2.24, 2.45) is 0 Å². The molecule has 1 amide bonds. The molecule has 166 valence electrons. The molecule has 3 aromatic heterocycles. The van der Waals surface area contributed by atoms with Gasteiger partial charge in [0.05, 0.1) is 11.3 Å². The van der Waals surface area contributed by atoms with Crippen LogP contribution in [-0.4, -0.2) is 37.5 Å². The van der Waals surface area contributed by atoms with Gasteiger partial charge in [-0.15, -0.1) is 11.3 Å². The highest BCUT2D eigenvalue weighted by molar-refractivity contribution is 7.12. The van der Waals surface area contributed by atoms with E-state index in [-0.39, 0.29) is 31.0 Å². The normalized spacial score (nSPS) is 11.0. The fraction of sp³-hybridized carbons (Fsp3) is 0.450. The number of carbonyl (C=O) groups is 2. The number of fused-ring (bicyclic) bond motifs is 1. The average molecular weight is 448 g/mol. The zero-order chi connectivity index (χ0) is 22.4. The van der Waals surface area contributed by atoms with Crippen molar-refractivity contribution in [1.29, 1.82) is 0 Å². The number of aromatic amines is 1. The molecule has 2 N–H and O–H groups in total. The van der Waals surface area contributed by atoms with Crippen molar-refractivity contribution in [3.63, 3.8) is 0 Å². The number of thiophene rings is 1. The SMILES string of the molecule is CCCCn1c(=O)[nH]c(=O)c2c1nc(COC(=O)CCNC(=O)c1cccs1)n2CC. The van der Waals surface area contributed by atoms with E-state index in [0.717, 1.165) is 12.8 Å². The number of aryl methyl sites for hydroxylation is 2. The molecule has 0 unspecified atom stereocenters. The van der Waals surface area contributed by atoms with E-state index in [9.17, 15) is 19.2 Å². The van der Waals surface area contributed by atoms with Crippen molar-refractivity contribution < 1.29 is 14.3 Å². The number of esters is 1. The van der Waals surface area contributed by atoms with Gasteiger partial charge in [0.15, 0.2) is 11.2 Å². The monoisotopic (exact) mass is 447 g/mol. The molecule has 0 aliphatic heterocycles. The van der Waals surface area contributed by atoms with Gasteiger partial charge in [-0.05, 0) is 24.8 Å². The predicted octanol–water partition coefficient (Wildman–Crippen LogP) is 1.63. The standard InChI is InChI=1S/C20H25N5O5S/c1-3-5-10-25-17-16(19(28)23-20(25)29)24(4-2)14(22-17)12-30-15(26)8-9-21-18(27)13-7-6-11-31-13/h6-7,11H,3-5,8-10,12H2,1-2H3,(H,21,27)(H,23,28,29). The van der Waals surface area contributed by atoms with Crippen LogP contribution in [0.2, 0.25) is 0 Å². The van der Waals surface area contributed by atoms with Crippen LogP contribution in [0.4, 0.5) is 0 Å². The molecular weight excluding hydrogens is 422 g/mol. The maximum Gasteiger partial charge on any atom is 0.330 e. The molecule has 3 rings (SSSR count). The van der Waals surface area contributed by atoms with Gasteiger partial charge in [-0.2, -0.15) is 0 Å². The second kappa shape index (κ2) is 10.2. The van der Waals surface area contributed by atoms with Crippen molar-refractivity contribution in [3.8, 4) is 0 Å². The maximum atomic E-state index is 12.4. The molecule has 10 nitrogen and oxygen atoms in total. The number of imidazole rings is 1. The van der Waals surface area contributed by atoms with Crippen molar-refractivity contribution >= 4 is 34.4 Å². The first-order chi connectivity index (χ1) is 15.0. The van der Waals surface area contributed by atoms with E-state index in [4.69, 9.17) is 4.74 Å². The van der Waals surface area contributed by atoms with Crippen LogP contribution in [0.15, 0.2) is 27.1 Å². The molecule has 3 aromatic rings. The zero-order valence-electron chi connectivity index (χ0n) is 17.5. The van der Waals surface area contributed by atoms with Crippen LogP contribution in [0.25, 0.3) is 11.2 Å². The number of unbranched alkanes of at least 4 members (excludes halogenated alkanes) is 1. The van der Waals surface area contributed by atoms with Gasteiger partial charge in [-0.1, -0.05) is 19.4 Å². The van der Waals surface area contributed by atoms with Crippen molar-refractivity contribution in [2.75, 3.05) is 6.54 Å². The molecule has 0 fully saturated rings. The third kappa shape index (κ3) is 5.10. The quantitative estimate of drug-likeness (QED) is 0.455. The first-order valence-corrected chi connectivity index (χ1v) is 11.0. The Bertz CT molecular complexity index is 1180. The minimum Gasteiger partial charge on any atom is -0.457 e. The van der Waals surface area contributed by atoms with Crippen LogP contribution >= 0.6 is 11.3 Å². The van der Waals surface area contributed by atoms with Gasteiger partial charge in [-0.25, -0.2) is 9.78 Å². The first-order valence-electron chi connectivity index (χ1n) is 10.2. The molecule has 0 aliphatic carbocycles. The number of amides is 1. The molecule has 3 heterocycles. The second-order valence-electron chi connectivity index (χ2n) is 6.85. The number of rotatable bonds is 10. The summed E-state index contributed by atoms with van der Waals surface area (Å²) in [5, 5.41) is 4.47. The van der Waals surface area contributed by atoms with E-state index >= 15 is 0 Å². The van der Waals surface area contributed by atoms with Gasteiger partial charge in [0.25, 0.3) is 11.5 Å². The molecule has 0 aliphatic rings. The summed E-state index contributed by atoms with van der Waals surface area (Å²) in [5.74, 6) is -0.354. The number of hydrogen-bond acceptors (Lipinski definition) is 7. The number of nitrogens with one attached hydrogen (secondary N) is 2. The molecule has 11 heteroatoms. The summed E-state index contributed by atoms with van der Waals surface area (Å²) < 4.78 is 8.38. The van der Waals surface area contributed by atoms with Crippen LogP contribution in [0.3, 0.4) is 0 Å². The molecule has 0 saturated carbocycles.